The highest BCUT2D eigenvalue weighted by molar-refractivity contribution is 7.66. The lowest BCUT2D eigenvalue weighted by Gasteiger charge is -2.20. The lowest BCUT2D eigenvalue weighted by atomic mass is 10.1. The molecule has 33 heavy (non-hydrogen) atoms. The number of imidazole rings is 1. The lowest BCUT2D eigenvalue weighted by molar-refractivity contribution is -0.0461. The molecule has 8 atom stereocenters. The second-order valence-corrected chi connectivity index (χ2v) is 12.1. The van der Waals surface area contributed by atoms with E-state index in [9.17, 15) is 28.6 Å². The maximum Gasteiger partial charge on any atom is 0.490 e. The molecule has 0 aromatic carbocycles. The fraction of sp³-hybridized carbons (Fsp3) is 0.636. The molecular formula is C11H15N6O13P3. The number of hydroxylamine groups is 1. The van der Waals surface area contributed by atoms with Crippen LogP contribution in [0.2, 0.25) is 0 Å². The maximum atomic E-state index is 12.0. The Bertz CT molecular complexity index is 1210. The molecule has 1 aromatic heterocycles. The van der Waals surface area contributed by atoms with Crippen LogP contribution in [0.4, 0.5) is 5.82 Å². The number of aromatic nitrogens is 2. The van der Waals surface area contributed by atoms with Gasteiger partial charge in [-0.2, -0.15) is 14.1 Å². The van der Waals surface area contributed by atoms with Crippen LogP contribution < -0.4 is 10.8 Å². The van der Waals surface area contributed by atoms with Crippen LogP contribution >= 0.6 is 23.5 Å². The lowest BCUT2D eigenvalue weighted by Crippen LogP contribution is -2.39. The van der Waals surface area contributed by atoms with Gasteiger partial charge in [0.1, 0.15) is 24.1 Å². The number of phosphoric acid groups is 3. The molecule has 0 radical (unpaired) electrons. The number of hydrogen-bond donors (Lipinski definition) is 7. The molecule has 0 aliphatic carbocycles. The molecule has 6 rings (SSSR count). The van der Waals surface area contributed by atoms with Crippen molar-refractivity contribution in [3.8, 4) is 0 Å². The van der Waals surface area contributed by atoms with Gasteiger partial charge in [-0.3, -0.25) is 19.2 Å². The Balaban J connectivity index is 1.16. The van der Waals surface area contributed by atoms with E-state index in [1.54, 1.807) is 6.34 Å². The zero-order chi connectivity index (χ0) is 23.6. The molecule has 0 amide bonds. The molecule has 4 saturated heterocycles. The highest BCUT2D eigenvalue weighted by Crippen LogP contribution is 2.66. The third kappa shape index (κ3) is 3.41. The van der Waals surface area contributed by atoms with Crippen LogP contribution in [-0.4, -0.2) is 76.2 Å². The van der Waals surface area contributed by atoms with Gasteiger partial charge in [0, 0.05) is 0 Å². The van der Waals surface area contributed by atoms with Crippen molar-refractivity contribution < 1.29 is 61.1 Å². The molecular weight excluding hydrogens is 517 g/mol. The van der Waals surface area contributed by atoms with Crippen molar-refractivity contribution in [2.75, 3.05) is 6.61 Å². The van der Waals surface area contributed by atoms with Gasteiger partial charge < -0.3 is 34.3 Å². The Morgan fingerprint density at radius 2 is 1.91 bits per heavy atom. The molecule has 182 valence electrons. The molecule has 5 aliphatic heterocycles. The average Bonchev–Trinajstić information content (AvgIpc) is 3.57. The van der Waals surface area contributed by atoms with Gasteiger partial charge in [0.25, 0.3) is 0 Å². The number of aliphatic imine (C=N–C) groups is 1. The average molecular weight is 532 g/mol. The van der Waals surface area contributed by atoms with Crippen LogP contribution in [-0.2, 0) is 42.1 Å². The summed E-state index contributed by atoms with van der Waals surface area (Å²) in [6, 6.07) is 0. The summed E-state index contributed by atoms with van der Waals surface area (Å²) in [7, 11) is -16.6. The predicted molar refractivity (Wildman–Crippen MR) is 97.5 cm³/mol. The minimum absolute atomic E-state index is 0.127. The predicted octanol–water partition coefficient (Wildman–Crippen LogP) is -2.21. The fourth-order valence-corrected chi connectivity index (χ4v) is 7.02. The Kier molecular flexibility index (Phi) is 4.44. The molecule has 6 heterocycles. The second kappa shape index (κ2) is 6.55. The fourth-order valence-electron chi connectivity index (χ4n) is 3.99. The van der Waals surface area contributed by atoms with E-state index in [1.807, 2.05) is 4.90 Å². The van der Waals surface area contributed by atoms with Gasteiger partial charge in [0.05, 0.1) is 19.3 Å². The molecule has 22 heteroatoms. The van der Waals surface area contributed by atoms with Crippen LogP contribution in [0.3, 0.4) is 0 Å². The zero-order valence-electron chi connectivity index (χ0n) is 15.8. The Hall–Kier alpha value is -1.11. The largest absolute Gasteiger partial charge is 0.490 e. The van der Waals surface area contributed by atoms with Gasteiger partial charge in [-0.05, 0) is 0 Å². The highest BCUT2D eigenvalue weighted by Gasteiger charge is 2.82. The number of ether oxygens (including phenoxy) is 1. The molecule has 4 fully saturated rings. The summed E-state index contributed by atoms with van der Waals surface area (Å²) < 4.78 is 53.2. The van der Waals surface area contributed by atoms with E-state index in [0.717, 1.165) is 0 Å². The van der Waals surface area contributed by atoms with Crippen LogP contribution in [0.5, 0.6) is 0 Å². The van der Waals surface area contributed by atoms with Crippen LogP contribution in [0.15, 0.2) is 11.3 Å². The third-order valence-electron chi connectivity index (χ3n) is 5.59. The van der Waals surface area contributed by atoms with Crippen molar-refractivity contribution in [2.24, 2.45) is 4.99 Å². The number of nitrogens with one attached hydrogen (secondary N) is 2. The molecule has 0 bridgehead atoms. The van der Waals surface area contributed by atoms with E-state index in [2.05, 4.69) is 33.9 Å². The van der Waals surface area contributed by atoms with Gasteiger partial charge >= 0.3 is 23.5 Å². The SMILES string of the molecule is O=P(O)(O)OP(=O)(O)OP(=O)(O)OC[C@H]1O[C@@H](n2cnc3c2N=CN2[C@@H]4N[C@@]342)[C@@]2(NO2)[C@@H]1O. The number of aliphatic hydroxyl groups is 1. The second-order valence-electron chi connectivity index (χ2n) is 7.64. The molecule has 0 saturated carbocycles. The summed E-state index contributed by atoms with van der Waals surface area (Å²) in [5.41, 5.74) is 1.34. The number of nitrogens with zero attached hydrogens (tertiary/aromatic N) is 4. The Morgan fingerprint density at radius 1 is 1.18 bits per heavy atom. The minimum Gasteiger partial charge on any atom is -0.385 e. The molecule has 7 N–H and O–H groups in total. The van der Waals surface area contributed by atoms with E-state index >= 15 is 0 Å². The Morgan fingerprint density at radius 3 is 2.55 bits per heavy atom. The summed E-state index contributed by atoms with van der Waals surface area (Å²) in [6.07, 6.45) is -0.613. The summed E-state index contributed by atoms with van der Waals surface area (Å²) in [5.74, 6) is 0.446. The number of fused-ring (bicyclic) bond motifs is 2. The summed E-state index contributed by atoms with van der Waals surface area (Å²) >= 11 is 0. The molecule has 19 nitrogen and oxygen atoms in total. The normalized spacial score (nSPS) is 41.2. The van der Waals surface area contributed by atoms with Gasteiger partial charge in [-0.25, -0.2) is 23.7 Å². The molecule has 2 spiro atoms. The molecule has 5 aliphatic rings. The van der Waals surface area contributed by atoms with Crippen molar-refractivity contribution in [3.05, 3.63) is 12.0 Å². The number of aliphatic hydroxyl groups excluding tert-OH is 1. The van der Waals surface area contributed by atoms with E-state index in [0.29, 0.717) is 11.5 Å². The van der Waals surface area contributed by atoms with Crippen LogP contribution in [0.25, 0.3) is 0 Å². The first-order chi connectivity index (χ1) is 15.3. The summed E-state index contributed by atoms with van der Waals surface area (Å²) in [4.78, 5) is 51.8. The van der Waals surface area contributed by atoms with E-state index in [1.165, 1.54) is 10.9 Å². The maximum absolute atomic E-state index is 12.0. The van der Waals surface area contributed by atoms with Gasteiger partial charge in [0.15, 0.2) is 17.7 Å². The molecule has 2 unspecified atom stereocenters. The first-order valence-corrected chi connectivity index (χ1v) is 13.5. The quantitative estimate of drug-likeness (QED) is 0.138. The van der Waals surface area contributed by atoms with Crippen LogP contribution in [0.1, 0.15) is 11.9 Å². The first-order valence-electron chi connectivity index (χ1n) is 9.03. The number of rotatable bonds is 8. The third-order valence-corrected chi connectivity index (χ3v) is 9.39. The monoisotopic (exact) mass is 532 g/mol. The minimum atomic E-state index is -5.67. The standard InChI is InChI=1S/C11H15N6O13P3/c18-6-4(1-26-32(22,23)30-33(24,25)29-31(19,20)21)27-9(11(6)15-28-11)16-2-12-5-7(16)13-3-17-8-10(5,17)14-8/h2-4,6,8-9,14-15,18H,1H2,(H,22,23)(H,24,25)(H2,19,20,21)/t4-,6-,8+,9-,10-,11-,17?/m1/s1. The van der Waals surface area contributed by atoms with E-state index in [-0.39, 0.29) is 11.8 Å². The smallest absolute Gasteiger partial charge is 0.385 e. The van der Waals surface area contributed by atoms with Crippen molar-refractivity contribution in [3.63, 3.8) is 0 Å². The Labute approximate surface area is 182 Å². The van der Waals surface area contributed by atoms with Crippen molar-refractivity contribution >= 4 is 35.6 Å². The van der Waals surface area contributed by atoms with Gasteiger partial charge in [0.2, 0.25) is 5.72 Å². The summed E-state index contributed by atoms with van der Waals surface area (Å²) in [5, 5.41) is 13.8. The summed E-state index contributed by atoms with van der Waals surface area (Å²) in [6.45, 7) is -0.852. The van der Waals surface area contributed by atoms with Crippen LogP contribution in [0, 0.1) is 0 Å². The van der Waals surface area contributed by atoms with Gasteiger partial charge in [-0.15, -0.1) is 0 Å². The highest BCUT2D eigenvalue weighted by atomic mass is 31.3. The molecule has 1 aromatic rings. The zero-order valence-corrected chi connectivity index (χ0v) is 18.5. The number of hydrogen-bond acceptors (Lipinski definition) is 14. The van der Waals surface area contributed by atoms with Crippen molar-refractivity contribution in [1.82, 2.24) is 25.2 Å². The van der Waals surface area contributed by atoms with Crippen molar-refractivity contribution in [1.29, 1.82) is 0 Å². The van der Waals surface area contributed by atoms with Gasteiger partial charge in [-0.1, -0.05) is 0 Å². The topological polar surface area (TPSA) is 279 Å². The van der Waals surface area contributed by atoms with E-state index in [4.69, 9.17) is 19.4 Å². The van der Waals surface area contributed by atoms with Crippen molar-refractivity contribution in [2.45, 2.75) is 36.0 Å². The first kappa shape index (κ1) is 22.4. The van der Waals surface area contributed by atoms with E-state index < -0.39 is 54.2 Å². The number of phosphoric ester groups is 1.